The third-order valence-corrected chi connectivity index (χ3v) is 3.00. The molecule has 1 aliphatic heterocycles. The Bertz CT molecular complexity index is 422. The van der Waals surface area contributed by atoms with Gasteiger partial charge in [-0.05, 0) is 26.8 Å². The maximum Gasteiger partial charge on any atom is 0.255 e. The molecule has 0 aromatic carbocycles. The Kier molecular flexibility index (Phi) is 3.24. The van der Waals surface area contributed by atoms with Crippen molar-refractivity contribution >= 4 is 5.95 Å². The van der Waals surface area contributed by atoms with Crippen LogP contribution in [0.15, 0.2) is 4.79 Å². The van der Waals surface area contributed by atoms with Gasteiger partial charge in [0.25, 0.3) is 5.56 Å². The highest BCUT2D eigenvalue weighted by Gasteiger charge is 2.16. The van der Waals surface area contributed by atoms with Crippen LogP contribution in [-0.2, 0) is 13.0 Å². The van der Waals surface area contributed by atoms with Crippen molar-refractivity contribution in [1.82, 2.24) is 15.3 Å². The number of anilines is 1. The van der Waals surface area contributed by atoms with E-state index in [1.54, 1.807) is 0 Å². The zero-order valence-corrected chi connectivity index (χ0v) is 9.84. The number of hydrogen-bond acceptors (Lipinski definition) is 4. The lowest BCUT2D eigenvalue weighted by Crippen LogP contribution is -2.34. The standard InChI is InChI=1S/C11H18N4O/c1-3-15(4-2)11-13-9-7-12-6-5-8(9)10(16)14-11/h12H,3-7H2,1-2H3,(H,13,14,16). The zero-order valence-electron chi connectivity index (χ0n) is 9.84. The molecule has 5 heteroatoms. The van der Waals surface area contributed by atoms with Gasteiger partial charge in [-0.2, -0.15) is 0 Å². The average molecular weight is 222 g/mol. The van der Waals surface area contributed by atoms with Crippen LogP contribution in [-0.4, -0.2) is 29.6 Å². The van der Waals surface area contributed by atoms with Crippen molar-refractivity contribution in [2.75, 3.05) is 24.5 Å². The molecule has 1 aromatic heterocycles. The molecule has 2 N–H and O–H groups in total. The molecule has 2 rings (SSSR count). The number of rotatable bonds is 3. The van der Waals surface area contributed by atoms with Crippen molar-refractivity contribution in [3.8, 4) is 0 Å². The van der Waals surface area contributed by atoms with Crippen molar-refractivity contribution in [1.29, 1.82) is 0 Å². The molecule has 0 fully saturated rings. The SMILES string of the molecule is CCN(CC)c1nc2c(c(=O)[nH]1)CCNC2. The highest BCUT2D eigenvalue weighted by atomic mass is 16.1. The summed E-state index contributed by atoms with van der Waals surface area (Å²) in [5.74, 6) is 0.692. The summed E-state index contributed by atoms with van der Waals surface area (Å²) in [5, 5.41) is 3.24. The first-order chi connectivity index (χ1) is 7.76. The Morgan fingerprint density at radius 1 is 1.38 bits per heavy atom. The molecular weight excluding hydrogens is 204 g/mol. The minimum Gasteiger partial charge on any atom is -0.343 e. The Balaban J connectivity index is 2.42. The molecule has 0 amide bonds. The fourth-order valence-electron chi connectivity index (χ4n) is 2.03. The van der Waals surface area contributed by atoms with Crippen molar-refractivity contribution in [3.05, 3.63) is 21.6 Å². The fourth-order valence-corrected chi connectivity index (χ4v) is 2.03. The van der Waals surface area contributed by atoms with Gasteiger partial charge in [0, 0.05) is 25.2 Å². The summed E-state index contributed by atoms with van der Waals surface area (Å²) >= 11 is 0. The van der Waals surface area contributed by atoms with Crippen LogP contribution in [0.3, 0.4) is 0 Å². The molecule has 1 aliphatic rings. The predicted octanol–water partition coefficient (Wildman–Crippen LogP) is 0.262. The van der Waals surface area contributed by atoms with E-state index in [2.05, 4.69) is 34.0 Å². The smallest absolute Gasteiger partial charge is 0.255 e. The van der Waals surface area contributed by atoms with Crippen molar-refractivity contribution < 1.29 is 0 Å². The molecule has 0 saturated carbocycles. The molecule has 0 saturated heterocycles. The molecule has 88 valence electrons. The number of aromatic nitrogens is 2. The van der Waals surface area contributed by atoms with Crippen LogP contribution in [0.1, 0.15) is 25.1 Å². The van der Waals surface area contributed by atoms with E-state index < -0.39 is 0 Å². The maximum atomic E-state index is 11.9. The summed E-state index contributed by atoms with van der Waals surface area (Å²) in [5.41, 5.74) is 1.76. The van der Waals surface area contributed by atoms with Crippen molar-refractivity contribution in [2.45, 2.75) is 26.8 Å². The molecule has 0 atom stereocenters. The Morgan fingerprint density at radius 2 is 2.12 bits per heavy atom. The van der Waals surface area contributed by atoms with Crippen LogP contribution in [0.5, 0.6) is 0 Å². The number of nitrogens with one attached hydrogen (secondary N) is 2. The first kappa shape index (κ1) is 11.1. The largest absolute Gasteiger partial charge is 0.343 e. The Labute approximate surface area is 94.9 Å². The molecule has 16 heavy (non-hydrogen) atoms. The lowest BCUT2D eigenvalue weighted by atomic mass is 10.1. The summed E-state index contributed by atoms with van der Waals surface area (Å²) in [4.78, 5) is 21.3. The highest BCUT2D eigenvalue weighted by Crippen LogP contribution is 2.11. The van der Waals surface area contributed by atoms with Crippen LogP contribution in [0.25, 0.3) is 0 Å². The minimum absolute atomic E-state index is 0.0217. The third kappa shape index (κ3) is 1.95. The van der Waals surface area contributed by atoms with E-state index in [0.29, 0.717) is 12.5 Å². The molecule has 0 radical (unpaired) electrons. The quantitative estimate of drug-likeness (QED) is 0.770. The van der Waals surface area contributed by atoms with Gasteiger partial charge in [0.05, 0.1) is 5.69 Å². The lowest BCUT2D eigenvalue weighted by Gasteiger charge is -2.22. The molecule has 5 nitrogen and oxygen atoms in total. The highest BCUT2D eigenvalue weighted by molar-refractivity contribution is 5.33. The van der Waals surface area contributed by atoms with E-state index in [1.165, 1.54) is 0 Å². The molecule has 0 aliphatic carbocycles. The average Bonchev–Trinajstić information content (AvgIpc) is 2.31. The van der Waals surface area contributed by atoms with Crippen LogP contribution in [0.2, 0.25) is 0 Å². The van der Waals surface area contributed by atoms with Gasteiger partial charge in [-0.15, -0.1) is 0 Å². The lowest BCUT2D eigenvalue weighted by molar-refractivity contribution is 0.615. The molecule has 1 aromatic rings. The van der Waals surface area contributed by atoms with Crippen molar-refractivity contribution in [3.63, 3.8) is 0 Å². The van der Waals surface area contributed by atoms with Crippen LogP contribution in [0.4, 0.5) is 5.95 Å². The van der Waals surface area contributed by atoms with Gasteiger partial charge in [-0.25, -0.2) is 4.98 Å². The number of hydrogen-bond donors (Lipinski definition) is 2. The fraction of sp³-hybridized carbons (Fsp3) is 0.636. The molecule has 0 spiro atoms. The zero-order chi connectivity index (χ0) is 11.5. The summed E-state index contributed by atoms with van der Waals surface area (Å²) in [6, 6.07) is 0. The van der Waals surface area contributed by atoms with Gasteiger partial charge in [0.15, 0.2) is 0 Å². The topological polar surface area (TPSA) is 61.0 Å². The van der Waals surface area contributed by atoms with Gasteiger partial charge in [0.1, 0.15) is 0 Å². The molecular formula is C11H18N4O. The summed E-state index contributed by atoms with van der Waals surface area (Å²) in [6.07, 6.45) is 0.774. The maximum absolute atomic E-state index is 11.9. The normalized spacial score (nSPS) is 14.6. The van der Waals surface area contributed by atoms with E-state index in [0.717, 1.165) is 37.3 Å². The Hall–Kier alpha value is -1.36. The van der Waals surface area contributed by atoms with E-state index in [1.807, 2.05) is 0 Å². The first-order valence-electron chi connectivity index (χ1n) is 5.84. The molecule has 0 unspecified atom stereocenters. The minimum atomic E-state index is 0.0217. The summed E-state index contributed by atoms with van der Waals surface area (Å²) in [7, 11) is 0. The van der Waals surface area contributed by atoms with Crippen LogP contribution in [0, 0.1) is 0 Å². The predicted molar refractivity (Wildman–Crippen MR) is 63.8 cm³/mol. The molecule has 0 bridgehead atoms. The monoisotopic (exact) mass is 222 g/mol. The van der Waals surface area contributed by atoms with Crippen LogP contribution >= 0.6 is 0 Å². The van der Waals surface area contributed by atoms with Crippen molar-refractivity contribution in [2.24, 2.45) is 0 Å². The van der Waals surface area contributed by atoms with Gasteiger partial charge < -0.3 is 10.2 Å². The van der Waals surface area contributed by atoms with E-state index in [-0.39, 0.29) is 5.56 Å². The number of aromatic amines is 1. The van der Waals surface area contributed by atoms with Crippen LogP contribution < -0.4 is 15.8 Å². The second kappa shape index (κ2) is 4.65. The van der Waals surface area contributed by atoms with Gasteiger partial charge in [-0.1, -0.05) is 0 Å². The first-order valence-corrected chi connectivity index (χ1v) is 5.84. The Morgan fingerprint density at radius 3 is 2.81 bits per heavy atom. The molecule has 2 heterocycles. The van der Waals surface area contributed by atoms with Gasteiger partial charge >= 0.3 is 0 Å². The number of H-pyrrole nitrogens is 1. The second-order valence-electron chi connectivity index (χ2n) is 3.91. The second-order valence-corrected chi connectivity index (χ2v) is 3.91. The number of fused-ring (bicyclic) bond motifs is 1. The van der Waals surface area contributed by atoms with E-state index in [9.17, 15) is 4.79 Å². The summed E-state index contributed by atoms with van der Waals surface area (Å²) in [6.45, 7) is 7.38. The van der Waals surface area contributed by atoms with Gasteiger partial charge in [-0.3, -0.25) is 9.78 Å². The number of nitrogens with zero attached hydrogens (tertiary/aromatic N) is 2. The van der Waals surface area contributed by atoms with E-state index >= 15 is 0 Å². The third-order valence-electron chi connectivity index (χ3n) is 3.00. The van der Waals surface area contributed by atoms with E-state index in [4.69, 9.17) is 0 Å². The summed E-state index contributed by atoms with van der Waals surface area (Å²) < 4.78 is 0. The van der Waals surface area contributed by atoms with Gasteiger partial charge in [0.2, 0.25) is 5.95 Å².